The van der Waals surface area contributed by atoms with Gasteiger partial charge in [0.1, 0.15) is 11.8 Å². The first-order chi connectivity index (χ1) is 18.2. The number of hydrogen-bond acceptors (Lipinski definition) is 6. The fourth-order valence-electron chi connectivity index (χ4n) is 3.87. The number of unbranched alkanes of at least 4 members (excludes halogenated alkanes) is 2. The van der Waals surface area contributed by atoms with E-state index in [1.807, 2.05) is 18.4 Å². The average Bonchev–Trinajstić information content (AvgIpc) is 3.31. The predicted molar refractivity (Wildman–Crippen MR) is 146 cm³/mol. The van der Waals surface area contributed by atoms with Crippen molar-refractivity contribution in [3.8, 4) is 5.75 Å². The molecule has 8 nitrogen and oxygen atoms in total. The summed E-state index contributed by atoms with van der Waals surface area (Å²) in [6, 6.07) is 11.4. The molecule has 10 heteroatoms. The number of carboxylic acid groups (broad SMARTS) is 1. The third-order valence-electron chi connectivity index (χ3n) is 5.95. The third-order valence-corrected chi connectivity index (χ3v) is 7.33. The van der Waals surface area contributed by atoms with Gasteiger partial charge in [-0.3, -0.25) is 14.4 Å². The highest BCUT2D eigenvalue weighted by Gasteiger charge is 2.22. The van der Waals surface area contributed by atoms with Gasteiger partial charge in [-0.25, -0.2) is 4.79 Å². The lowest BCUT2D eigenvalue weighted by molar-refractivity contribution is -0.139. The number of carbonyl (C=O) groups excluding carboxylic acids is 3. The third kappa shape index (κ3) is 8.16. The van der Waals surface area contributed by atoms with Gasteiger partial charge in [-0.1, -0.05) is 36.6 Å². The van der Waals surface area contributed by atoms with Gasteiger partial charge in [0.05, 0.1) is 15.5 Å². The number of hydrogen-bond donors (Lipinski definition) is 4. The zero-order valence-corrected chi connectivity index (χ0v) is 22.4. The minimum Gasteiger partial charge on any atom is -0.508 e. The summed E-state index contributed by atoms with van der Waals surface area (Å²) in [6.45, 7) is 2.09. The lowest BCUT2D eigenvalue weighted by Gasteiger charge is -2.15. The number of carbonyl (C=O) groups is 4. The quantitative estimate of drug-likeness (QED) is 0.165. The Morgan fingerprint density at radius 1 is 1.00 bits per heavy atom. The van der Waals surface area contributed by atoms with Crippen LogP contribution in [0.1, 0.15) is 73.6 Å². The number of halogens is 1. The maximum atomic E-state index is 12.7. The summed E-state index contributed by atoms with van der Waals surface area (Å²) in [5.74, 6) is -2.06. The Hall–Kier alpha value is -3.69. The molecule has 38 heavy (non-hydrogen) atoms. The van der Waals surface area contributed by atoms with Crippen molar-refractivity contribution in [2.75, 3.05) is 0 Å². The van der Waals surface area contributed by atoms with Crippen LogP contribution in [0.2, 0.25) is 5.02 Å². The van der Waals surface area contributed by atoms with Crippen LogP contribution in [0.4, 0.5) is 0 Å². The Balaban J connectivity index is 1.49. The standard InChI is InChI=1S/C28H29ClN2O6S/c1-17-12-13-38-25(17)24(33)9-4-2-3-8-23(28(36)37)31-27(35)21-11-10-19(15-22(21)29)26(34)30-16-18-6-5-7-20(32)14-18/h5-7,10-15,23,32H,2-4,8-9,16H2,1H3,(H,30,34)(H,31,35)(H,36,37). The van der Waals surface area contributed by atoms with Crippen LogP contribution in [0.15, 0.2) is 53.9 Å². The number of benzene rings is 2. The Morgan fingerprint density at radius 2 is 1.79 bits per heavy atom. The van der Waals surface area contributed by atoms with E-state index in [0.717, 1.165) is 10.4 Å². The molecule has 4 N–H and O–H groups in total. The van der Waals surface area contributed by atoms with Crippen LogP contribution in [-0.2, 0) is 11.3 Å². The lowest BCUT2D eigenvalue weighted by Crippen LogP contribution is -2.40. The molecule has 0 aliphatic carbocycles. The van der Waals surface area contributed by atoms with Gasteiger partial charge < -0.3 is 20.8 Å². The fourth-order valence-corrected chi connectivity index (χ4v) is 5.03. The molecule has 0 spiro atoms. The van der Waals surface area contributed by atoms with Crippen LogP contribution in [0, 0.1) is 6.92 Å². The largest absolute Gasteiger partial charge is 0.508 e. The summed E-state index contributed by atoms with van der Waals surface area (Å²) < 4.78 is 0. The van der Waals surface area contributed by atoms with E-state index in [2.05, 4.69) is 10.6 Å². The molecule has 1 atom stereocenters. The fraction of sp³-hybridized carbons (Fsp3) is 0.286. The molecule has 1 aromatic heterocycles. The number of rotatable bonds is 13. The Kier molecular flexibility index (Phi) is 10.4. The molecule has 0 bridgehead atoms. The van der Waals surface area contributed by atoms with Crippen LogP contribution < -0.4 is 10.6 Å². The number of aromatic hydroxyl groups is 1. The molecule has 0 saturated heterocycles. The normalized spacial score (nSPS) is 11.5. The zero-order chi connectivity index (χ0) is 27.7. The van der Waals surface area contributed by atoms with E-state index in [9.17, 15) is 29.4 Å². The summed E-state index contributed by atoms with van der Waals surface area (Å²) in [6.07, 6.45) is 2.43. The second-order valence-corrected chi connectivity index (χ2v) is 10.2. The molecule has 3 rings (SSSR count). The number of nitrogens with one attached hydrogen (secondary N) is 2. The van der Waals surface area contributed by atoms with Crippen LogP contribution in [-0.4, -0.2) is 39.8 Å². The van der Waals surface area contributed by atoms with Crippen LogP contribution in [0.5, 0.6) is 5.75 Å². The monoisotopic (exact) mass is 556 g/mol. The Labute approximate surface area is 229 Å². The molecule has 0 aliphatic rings. The summed E-state index contributed by atoms with van der Waals surface area (Å²) in [7, 11) is 0. The molecular formula is C28H29ClN2O6S. The molecule has 0 fully saturated rings. The van der Waals surface area contributed by atoms with E-state index in [1.54, 1.807) is 12.1 Å². The Morgan fingerprint density at radius 3 is 2.45 bits per heavy atom. The zero-order valence-electron chi connectivity index (χ0n) is 20.8. The molecule has 200 valence electrons. The minimum atomic E-state index is -1.16. The van der Waals surface area contributed by atoms with E-state index >= 15 is 0 Å². The highest BCUT2D eigenvalue weighted by atomic mass is 35.5. The number of phenols is 1. The van der Waals surface area contributed by atoms with Crippen molar-refractivity contribution in [1.82, 2.24) is 10.6 Å². The first-order valence-corrected chi connectivity index (χ1v) is 13.4. The van der Waals surface area contributed by atoms with Crippen molar-refractivity contribution in [3.63, 3.8) is 0 Å². The summed E-state index contributed by atoms with van der Waals surface area (Å²) in [4.78, 5) is 49.9. The van der Waals surface area contributed by atoms with Crippen molar-refractivity contribution >= 4 is 46.5 Å². The van der Waals surface area contributed by atoms with Gasteiger partial charge in [0.25, 0.3) is 11.8 Å². The van der Waals surface area contributed by atoms with Crippen LogP contribution in [0.25, 0.3) is 0 Å². The number of phenolic OH excluding ortho intramolecular Hbond substituents is 1. The second-order valence-electron chi connectivity index (χ2n) is 8.87. The van der Waals surface area contributed by atoms with Gasteiger partial charge >= 0.3 is 5.97 Å². The molecule has 0 radical (unpaired) electrons. The van der Waals surface area contributed by atoms with Crippen LogP contribution >= 0.6 is 22.9 Å². The lowest BCUT2D eigenvalue weighted by atomic mass is 10.0. The summed E-state index contributed by atoms with van der Waals surface area (Å²) in [5.41, 5.74) is 1.96. The maximum Gasteiger partial charge on any atom is 0.326 e. The summed E-state index contributed by atoms with van der Waals surface area (Å²) >= 11 is 7.67. The number of ketones is 1. The topological polar surface area (TPSA) is 133 Å². The van der Waals surface area contributed by atoms with Crippen molar-refractivity contribution in [2.24, 2.45) is 0 Å². The maximum absolute atomic E-state index is 12.7. The highest BCUT2D eigenvalue weighted by Crippen LogP contribution is 2.21. The highest BCUT2D eigenvalue weighted by molar-refractivity contribution is 7.12. The van der Waals surface area contributed by atoms with Crippen molar-refractivity contribution in [2.45, 2.75) is 51.6 Å². The van der Waals surface area contributed by atoms with E-state index < -0.39 is 23.8 Å². The average molecular weight is 557 g/mol. The Bertz CT molecular complexity index is 1320. The second kappa shape index (κ2) is 13.7. The van der Waals surface area contributed by atoms with E-state index in [-0.39, 0.29) is 40.6 Å². The molecule has 2 amide bonds. The summed E-state index contributed by atoms with van der Waals surface area (Å²) in [5, 5.41) is 26.2. The molecule has 0 saturated carbocycles. The van der Waals surface area contributed by atoms with Gasteiger partial charge in [-0.05, 0) is 72.7 Å². The van der Waals surface area contributed by atoms with E-state index in [0.29, 0.717) is 31.2 Å². The van der Waals surface area contributed by atoms with Crippen LogP contribution in [0.3, 0.4) is 0 Å². The van der Waals surface area contributed by atoms with Crippen molar-refractivity contribution in [3.05, 3.63) is 86.1 Å². The van der Waals surface area contributed by atoms with E-state index in [4.69, 9.17) is 11.6 Å². The molecule has 0 aliphatic heterocycles. The number of aryl methyl sites for hydroxylation is 1. The van der Waals surface area contributed by atoms with Gasteiger partial charge in [-0.15, -0.1) is 11.3 Å². The molecule has 3 aromatic rings. The van der Waals surface area contributed by atoms with E-state index in [1.165, 1.54) is 41.7 Å². The molecule has 1 unspecified atom stereocenters. The number of aliphatic carboxylic acids is 1. The van der Waals surface area contributed by atoms with Crippen molar-refractivity contribution < 1.29 is 29.4 Å². The van der Waals surface area contributed by atoms with Gasteiger partial charge in [-0.2, -0.15) is 0 Å². The number of amides is 2. The first-order valence-electron chi connectivity index (χ1n) is 12.1. The van der Waals surface area contributed by atoms with Crippen molar-refractivity contribution in [1.29, 1.82) is 0 Å². The molecular weight excluding hydrogens is 528 g/mol. The smallest absolute Gasteiger partial charge is 0.326 e. The predicted octanol–water partition coefficient (Wildman–Crippen LogP) is 5.36. The van der Waals surface area contributed by atoms with Gasteiger partial charge in [0.2, 0.25) is 0 Å². The first kappa shape index (κ1) is 28.9. The van der Waals surface area contributed by atoms with Gasteiger partial charge in [0, 0.05) is 18.5 Å². The SMILES string of the molecule is Cc1ccsc1C(=O)CCCCCC(NC(=O)c1ccc(C(=O)NCc2cccc(O)c2)cc1Cl)C(=O)O. The van der Waals surface area contributed by atoms with Gasteiger partial charge in [0.15, 0.2) is 5.78 Å². The number of thiophene rings is 1. The number of carboxylic acids is 1. The number of Topliss-reactive ketones (excluding diaryl/α,β-unsaturated/α-hetero) is 1. The molecule has 1 heterocycles. The molecule has 2 aromatic carbocycles. The minimum absolute atomic E-state index is 0.0130.